The molecule has 0 saturated carbocycles. The maximum atomic E-state index is 13.3. The summed E-state index contributed by atoms with van der Waals surface area (Å²) in [5.41, 5.74) is 2.44. The average molecular weight is 444 g/mol. The first kappa shape index (κ1) is 21.3. The fourth-order valence-electron chi connectivity index (χ4n) is 4.32. The van der Waals surface area contributed by atoms with E-state index in [2.05, 4.69) is 5.32 Å². The highest BCUT2D eigenvalue weighted by atomic mass is 35.5. The number of likely N-dealkylation sites (tertiary alicyclic amines) is 1. The third kappa shape index (κ3) is 4.14. The fraction of sp³-hybridized carbons (Fsp3) is 0.391. The van der Waals surface area contributed by atoms with E-state index in [0.717, 1.165) is 11.3 Å². The molecule has 0 spiro atoms. The molecule has 2 heterocycles. The normalized spacial score (nSPS) is 18.7. The number of nitrogens with one attached hydrogen (secondary N) is 1. The molecule has 31 heavy (non-hydrogen) atoms. The first-order chi connectivity index (χ1) is 15.0. The van der Waals surface area contributed by atoms with Crippen LogP contribution in [0.1, 0.15) is 41.9 Å². The monoisotopic (exact) mass is 443 g/mol. The van der Waals surface area contributed by atoms with Crippen molar-refractivity contribution in [2.24, 2.45) is 0 Å². The lowest BCUT2D eigenvalue weighted by Gasteiger charge is -2.39. The molecule has 7 nitrogen and oxygen atoms in total. The lowest BCUT2D eigenvalue weighted by Crippen LogP contribution is -2.49. The minimum atomic E-state index is -0.313. The van der Waals surface area contributed by atoms with Crippen molar-refractivity contribution >= 4 is 29.3 Å². The van der Waals surface area contributed by atoms with Crippen LogP contribution in [0.3, 0.4) is 0 Å². The van der Waals surface area contributed by atoms with Crippen molar-refractivity contribution in [2.45, 2.75) is 32.0 Å². The third-order valence-electron chi connectivity index (χ3n) is 5.84. The number of methoxy groups -OCH3 is 1. The van der Waals surface area contributed by atoms with E-state index >= 15 is 0 Å². The van der Waals surface area contributed by atoms with Gasteiger partial charge in [0.05, 0.1) is 18.7 Å². The van der Waals surface area contributed by atoms with Gasteiger partial charge in [0.2, 0.25) is 0 Å². The maximum absolute atomic E-state index is 13.3. The van der Waals surface area contributed by atoms with Crippen molar-refractivity contribution in [1.29, 1.82) is 0 Å². The summed E-state index contributed by atoms with van der Waals surface area (Å²) in [5.74, 6) is 0.598. The number of hydrogen-bond acceptors (Lipinski definition) is 5. The second-order valence-corrected chi connectivity index (χ2v) is 8.02. The Morgan fingerprint density at radius 3 is 2.61 bits per heavy atom. The van der Waals surface area contributed by atoms with Crippen molar-refractivity contribution in [2.75, 3.05) is 32.1 Å². The summed E-state index contributed by atoms with van der Waals surface area (Å²) >= 11 is 6.31. The molecule has 1 atom stereocenters. The third-order valence-corrected chi connectivity index (χ3v) is 6.13. The van der Waals surface area contributed by atoms with Gasteiger partial charge in [0, 0.05) is 35.9 Å². The number of ether oxygens (including phenoxy) is 2. The Hall–Kier alpha value is -2.93. The molecule has 0 bridgehead atoms. The number of benzene rings is 2. The zero-order chi connectivity index (χ0) is 22.0. The van der Waals surface area contributed by atoms with Crippen LogP contribution in [0.5, 0.6) is 5.75 Å². The summed E-state index contributed by atoms with van der Waals surface area (Å²) < 4.78 is 10.4. The van der Waals surface area contributed by atoms with Gasteiger partial charge in [-0.25, -0.2) is 4.79 Å². The summed E-state index contributed by atoms with van der Waals surface area (Å²) in [6.07, 6.45) is 0.784. The van der Waals surface area contributed by atoms with Crippen LogP contribution in [-0.2, 0) is 4.74 Å². The van der Waals surface area contributed by atoms with Crippen molar-refractivity contribution in [3.63, 3.8) is 0 Å². The van der Waals surface area contributed by atoms with Gasteiger partial charge in [-0.2, -0.15) is 0 Å². The smallest absolute Gasteiger partial charge is 0.409 e. The van der Waals surface area contributed by atoms with Crippen LogP contribution in [0.15, 0.2) is 42.5 Å². The van der Waals surface area contributed by atoms with Gasteiger partial charge < -0.3 is 24.6 Å². The van der Waals surface area contributed by atoms with Gasteiger partial charge in [-0.1, -0.05) is 29.8 Å². The SMILES string of the molecule is CCOC(=O)N1CCC(N2C(=O)c3ccccc3C2Nc2ccc(OC)c(Cl)c2)CC1. The molecule has 1 fully saturated rings. The van der Waals surface area contributed by atoms with Gasteiger partial charge in [0.15, 0.2) is 0 Å². The minimum absolute atomic E-state index is 0.00212. The molecule has 2 aliphatic rings. The molecular formula is C23H26ClN3O4. The minimum Gasteiger partial charge on any atom is -0.495 e. The number of carbonyl (C=O) groups excluding carboxylic acids is 2. The molecular weight excluding hydrogens is 418 g/mol. The second kappa shape index (κ2) is 9.06. The zero-order valence-electron chi connectivity index (χ0n) is 17.6. The molecule has 8 heteroatoms. The molecule has 0 aliphatic carbocycles. The van der Waals surface area contributed by atoms with E-state index in [1.807, 2.05) is 35.2 Å². The highest BCUT2D eigenvalue weighted by molar-refractivity contribution is 6.32. The zero-order valence-corrected chi connectivity index (χ0v) is 18.4. The van der Waals surface area contributed by atoms with Crippen LogP contribution in [-0.4, -0.2) is 54.6 Å². The predicted molar refractivity (Wildman–Crippen MR) is 119 cm³/mol. The molecule has 0 radical (unpaired) electrons. The molecule has 2 aliphatic heterocycles. The van der Waals surface area contributed by atoms with E-state index in [4.69, 9.17) is 21.1 Å². The van der Waals surface area contributed by atoms with E-state index in [0.29, 0.717) is 48.9 Å². The van der Waals surface area contributed by atoms with Crippen molar-refractivity contribution < 1.29 is 19.1 Å². The van der Waals surface area contributed by atoms with E-state index in [1.54, 1.807) is 31.1 Å². The summed E-state index contributed by atoms with van der Waals surface area (Å²) in [6, 6.07) is 13.2. The lowest BCUT2D eigenvalue weighted by molar-refractivity contribution is 0.0496. The molecule has 0 aromatic heterocycles. The Morgan fingerprint density at radius 1 is 1.19 bits per heavy atom. The number of carbonyl (C=O) groups is 2. The van der Waals surface area contributed by atoms with E-state index < -0.39 is 0 Å². The Morgan fingerprint density at radius 2 is 1.94 bits per heavy atom. The quantitative estimate of drug-likeness (QED) is 0.734. The maximum Gasteiger partial charge on any atom is 0.409 e. The summed E-state index contributed by atoms with van der Waals surface area (Å²) in [5, 5.41) is 3.98. The van der Waals surface area contributed by atoms with Gasteiger partial charge in [-0.05, 0) is 44.0 Å². The van der Waals surface area contributed by atoms with Gasteiger partial charge in [0.1, 0.15) is 11.9 Å². The Bertz CT molecular complexity index is 975. The molecule has 1 saturated heterocycles. The Labute approximate surface area is 186 Å². The van der Waals surface area contributed by atoms with Crippen LogP contribution in [0, 0.1) is 0 Å². The number of rotatable bonds is 5. The van der Waals surface area contributed by atoms with Crippen LogP contribution in [0.4, 0.5) is 10.5 Å². The number of fused-ring (bicyclic) bond motifs is 1. The molecule has 4 rings (SSSR count). The average Bonchev–Trinajstić information content (AvgIpc) is 3.06. The molecule has 2 aromatic rings. The molecule has 1 unspecified atom stereocenters. The lowest BCUT2D eigenvalue weighted by atomic mass is 10.0. The van der Waals surface area contributed by atoms with Crippen molar-refractivity contribution in [3.8, 4) is 5.75 Å². The number of hydrogen-bond donors (Lipinski definition) is 1. The van der Waals surface area contributed by atoms with Crippen LogP contribution in [0.2, 0.25) is 5.02 Å². The molecule has 2 aromatic carbocycles. The van der Waals surface area contributed by atoms with E-state index in [-0.39, 0.29) is 24.2 Å². The largest absolute Gasteiger partial charge is 0.495 e. The Kier molecular flexibility index (Phi) is 6.23. The van der Waals surface area contributed by atoms with Gasteiger partial charge >= 0.3 is 6.09 Å². The first-order valence-corrected chi connectivity index (χ1v) is 10.8. The molecule has 164 valence electrons. The first-order valence-electron chi connectivity index (χ1n) is 10.5. The number of piperidine rings is 1. The fourth-order valence-corrected chi connectivity index (χ4v) is 4.57. The van der Waals surface area contributed by atoms with Crippen molar-refractivity contribution in [1.82, 2.24) is 9.80 Å². The number of halogens is 1. The van der Waals surface area contributed by atoms with Gasteiger partial charge in [0.25, 0.3) is 5.91 Å². The predicted octanol–water partition coefficient (Wildman–Crippen LogP) is 4.54. The topological polar surface area (TPSA) is 71.1 Å². The summed E-state index contributed by atoms with van der Waals surface area (Å²) in [6.45, 7) is 3.27. The summed E-state index contributed by atoms with van der Waals surface area (Å²) in [4.78, 5) is 29.0. The Balaban J connectivity index is 1.57. The molecule has 2 amide bonds. The highest BCUT2D eigenvalue weighted by Gasteiger charge is 2.42. The van der Waals surface area contributed by atoms with Crippen LogP contribution >= 0.6 is 11.6 Å². The van der Waals surface area contributed by atoms with Crippen LogP contribution < -0.4 is 10.1 Å². The van der Waals surface area contributed by atoms with Crippen LogP contribution in [0.25, 0.3) is 0 Å². The molecule has 1 N–H and O–H groups in total. The number of nitrogens with zero attached hydrogens (tertiary/aromatic N) is 2. The highest BCUT2D eigenvalue weighted by Crippen LogP contribution is 2.39. The summed E-state index contributed by atoms with van der Waals surface area (Å²) in [7, 11) is 1.57. The van der Waals surface area contributed by atoms with E-state index in [1.165, 1.54) is 0 Å². The van der Waals surface area contributed by atoms with Gasteiger partial charge in [-0.15, -0.1) is 0 Å². The number of anilines is 1. The van der Waals surface area contributed by atoms with E-state index in [9.17, 15) is 9.59 Å². The standard InChI is InChI=1S/C23H26ClN3O4/c1-3-31-23(29)26-12-10-16(11-13-26)27-21(17-6-4-5-7-18(17)22(27)28)25-15-8-9-20(30-2)19(24)14-15/h4-9,14,16,21,25H,3,10-13H2,1-2H3. The van der Waals surface area contributed by atoms with Gasteiger partial charge in [-0.3, -0.25) is 4.79 Å². The van der Waals surface area contributed by atoms with Crippen molar-refractivity contribution in [3.05, 3.63) is 58.6 Å². The number of amides is 2. The second-order valence-electron chi connectivity index (χ2n) is 7.61.